The Morgan fingerprint density at radius 1 is 0.790 bits per heavy atom. The summed E-state index contributed by atoms with van der Waals surface area (Å²) in [6.07, 6.45) is 11.8. The third-order valence-electron chi connectivity index (χ3n) is 10.1. The van der Waals surface area contributed by atoms with Crippen LogP contribution in [-0.2, 0) is 4.74 Å². The predicted molar refractivity (Wildman–Crippen MR) is 241 cm³/mol. The van der Waals surface area contributed by atoms with Gasteiger partial charge in [0.05, 0.1) is 69.1 Å². The summed E-state index contributed by atoms with van der Waals surface area (Å²) in [5.41, 5.74) is 4.67. The summed E-state index contributed by atoms with van der Waals surface area (Å²) in [5, 5.41) is 0. The van der Waals surface area contributed by atoms with Gasteiger partial charge in [-0.3, -0.25) is 19.6 Å². The van der Waals surface area contributed by atoms with Crippen molar-refractivity contribution < 1.29 is 42.8 Å². The molecule has 3 aromatic carbocycles. The number of rotatable bonds is 14. The van der Waals surface area contributed by atoms with Gasteiger partial charge in [-0.1, -0.05) is 72.9 Å². The van der Waals surface area contributed by atoms with Gasteiger partial charge in [-0.25, -0.2) is 4.79 Å². The molecule has 14 nitrogen and oxygen atoms in total. The third kappa shape index (κ3) is 10.7. The number of ether oxygens (including phenoxy) is 6. The van der Waals surface area contributed by atoms with Crippen LogP contribution in [-0.4, -0.2) is 116 Å². The van der Waals surface area contributed by atoms with Crippen molar-refractivity contribution >= 4 is 82.1 Å². The topological polar surface area (TPSA) is 141 Å². The van der Waals surface area contributed by atoms with E-state index in [1.165, 1.54) is 19.1 Å². The Morgan fingerprint density at radius 2 is 1.34 bits per heavy atom. The number of carbonyl (C=O) groups is 3. The van der Waals surface area contributed by atoms with Crippen molar-refractivity contribution in [2.24, 2.45) is 9.98 Å². The standard InChI is InChI=1S/C43H42Cl3N5O9.C2H6/c1-49(42(54)60-25-43(44,45)46)12-5-7-26-15-29-21-47-34-19-38(36(56-3)17-32(34)40(52)50(29)23-26)58-13-6-14-59-39-20-35-33(18-37(39)57-4)41(53)51-24-28(16-30(51)22-48-35)27-8-10-31(55-2)11-9-27;1-2/h5,7-11,17-24,29-30H,6,12-16,25H2,1-4H3;1-2H3/b7-5+;. The fourth-order valence-electron chi connectivity index (χ4n) is 7.01. The number of benzene rings is 3. The number of nitrogens with zero attached hydrogens (tertiary/aromatic N) is 5. The molecular weight excluding hydrogens is 861 g/mol. The van der Waals surface area contributed by atoms with Gasteiger partial charge in [-0.15, -0.1) is 0 Å². The first kappa shape index (κ1) is 45.8. The van der Waals surface area contributed by atoms with Crippen molar-refractivity contribution in [2.45, 2.75) is 49.0 Å². The third-order valence-corrected chi connectivity index (χ3v) is 10.4. The lowest BCUT2D eigenvalue weighted by molar-refractivity contribution is 0.0809. The molecule has 328 valence electrons. The first-order chi connectivity index (χ1) is 29.8. The van der Waals surface area contributed by atoms with Gasteiger partial charge in [0.1, 0.15) is 12.4 Å². The van der Waals surface area contributed by atoms with Crippen LogP contribution in [0, 0.1) is 0 Å². The second-order valence-electron chi connectivity index (χ2n) is 14.2. The Balaban J connectivity index is 0.00000316. The Morgan fingerprint density at radius 3 is 1.87 bits per heavy atom. The molecule has 4 heterocycles. The Labute approximate surface area is 375 Å². The van der Waals surface area contributed by atoms with Crippen molar-refractivity contribution in [1.29, 1.82) is 0 Å². The Hall–Kier alpha value is -5.70. The van der Waals surface area contributed by atoms with Crippen LogP contribution in [0.15, 0.2) is 88.6 Å². The number of amides is 3. The maximum atomic E-state index is 13.8. The normalized spacial score (nSPS) is 17.4. The summed E-state index contributed by atoms with van der Waals surface area (Å²) in [4.78, 5) is 53.7. The zero-order chi connectivity index (χ0) is 44.6. The smallest absolute Gasteiger partial charge is 0.409 e. The minimum Gasteiger partial charge on any atom is -0.497 e. The van der Waals surface area contributed by atoms with E-state index in [0.29, 0.717) is 64.8 Å². The van der Waals surface area contributed by atoms with Gasteiger partial charge in [-0.2, -0.15) is 0 Å². The second-order valence-corrected chi connectivity index (χ2v) is 16.7. The molecule has 62 heavy (non-hydrogen) atoms. The highest BCUT2D eigenvalue weighted by atomic mass is 35.6. The fourth-order valence-corrected chi connectivity index (χ4v) is 7.17. The largest absolute Gasteiger partial charge is 0.497 e. The van der Waals surface area contributed by atoms with Crippen molar-refractivity contribution in [3.05, 3.63) is 95.3 Å². The molecule has 0 N–H and O–H groups in total. The molecule has 4 aliphatic rings. The van der Waals surface area contributed by atoms with Gasteiger partial charge in [0.2, 0.25) is 3.79 Å². The van der Waals surface area contributed by atoms with Crippen molar-refractivity contribution in [2.75, 3.05) is 54.7 Å². The monoisotopic (exact) mass is 907 g/mol. The number of halogens is 3. The van der Waals surface area contributed by atoms with Crippen LogP contribution in [0.4, 0.5) is 16.2 Å². The fraction of sp³-hybridized carbons (Fsp3) is 0.356. The van der Waals surface area contributed by atoms with E-state index in [9.17, 15) is 14.4 Å². The quantitative estimate of drug-likeness (QED) is 0.114. The first-order valence-corrected chi connectivity index (χ1v) is 21.1. The number of aliphatic imine (C=N–C) groups is 2. The van der Waals surface area contributed by atoms with Gasteiger partial charge in [0.25, 0.3) is 11.8 Å². The lowest BCUT2D eigenvalue weighted by atomic mass is 10.0. The van der Waals surface area contributed by atoms with Crippen LogP contribution in [0.3, 0.4) is 0 Å². The van der Waals surface area contributed by atoms with E-state index in [1.54, 1.807) is 72.9 Å². The number of allylic oxidation sites excluding steroid dienone is 1. The van der Waals surface area contributed by atoms with Gasteiger partial charge in [0.15, 0.2) is 23.0 Å². The molecule has 4 aliphatic heterocycles. The van der Waals surface area contributed by atoms with E-state index in [1.807, 2.05) is 50.4 Å². The SMILES string of the molecule is CC.COc1ccc(C2=CN3C(=O)c4cc(OC)c(OCCCOc5cc6c(cc5OC)C(=O)N5C=C(/C=C/CN(C)C(=O)OCC(Cl)(Cl)Cl)CC5C=N6)cc4N=CC3C2)cc1. The van der Waals surface area contributed by atoms with Crippen LogP contribution in [0.5, 0.6) is 28.7 Å². The number of likely N-dealkylation sites (N-methyl/N-ethyl adjacent to an activating group) is 1. The van der Waals surface area contributed by atoms with Crippen LogP contribution in [0.1, 0.15) is 59.4 Å². The molecule has 0 saturated carbocycles. The molecule has 3 amide bonds. The van der Waals surface area contributed by atoms with E-state index < -0.39 is 9.89 Å². The van der Waals surface area contributed by atoms with E-state index in [4.69, 9.17) is 68.2 Å². The van der Waals surface area contributed by atoms with Crippen LogP contribution in [0.2, 0.25) is 0 Å². The average Bonchev–Trinajstić information content (AvgIpc) is 3.84. The van der Waals surface area contributed by atoms with E-state index in [0.717, 1.165) is 22.5 Å². The number of alkyl halides is 3. The van der Waals surface area contributed by atoms with E-state index in [-0.39, 0.29) is 50.3 Å². The number of methoxy groups -OCH3 is 3. The minimum atomic E-state index is -1.70. The molecule has 2 unspecified atom stereocenters. The lowest BCUT2D eigenvalue weighted by Crippen LogP contribution is -2.32. The zero-order valence-corrected chi connectivity index (χ0v) is 37.5. The Bertz CT molecular complexity index is 2310. The van der Waals surface area contributed by atoms with Crippen molar-refractivity contribution in [3.8, 4) is 28.7 Å². The number of fused-ring (bicyclic) bond motifs is 4. The molecule has 0 radical (unpaired) electrons. The number of hydrogen-bond donors (Lipinski definition) is 0. The second kappa shape index (κ2) is 20.4. The molecule has 0 fully saturated rings. The van der Waals surface area contributed by atoms with Gasteiger partial charge >= 0.3 is 6.09 Å². The molecule has 0 saturated heterocycles. The first-order valence-electron chi connectivity index (χ1n) is 20.0. The minimum absolute atomic E-state index is 0.174. The maximum absolute atomic E-state index is 13.8. The summed E-state index contributed by atoms with van der Waals surface area (Å²) in [5.74, 6) is 2.03. The Kier molecular flexibility index (Phi) is 15.1. The zero-order valence-electron chi connectivity index (χ0n) is 35.2. The van der Waals surface area contributed by atoms with Crippen LogP contribution in [0.25, 0.3) is 5.57 Å². The highest BCUT2D eigenvalue weighted by Gasteiger charge is 2.35. The summed E-state index contributed by atoms with van der Waals surface area (Å²) in [6.45, 7) is 4.41. The van der Waals surface area contributed by atoms with Crippen LogP contribution < -0.4 is 23.7 Å². The van der Waals surface area contributed by atoms with Gasteiger partial charge in [0, 0.05) is 63.4 Å². The summed E-state index contributed by atoms with van der Waals surface area (Å²) in [7, 11) is 6.22. The van der Waals surface area contributed by atoms with Gasteiger partial charge in [-0.05, 0) is 47.4 Å². The molecule has 7 rings (SSSR count). The van der Waals surface area contributed by atoms with E-state index in [2.05, 4.69) is 4.99 Å². The lowest BCUT2D eigenvalue weighted by Gasteiger charge is -2.19. The number of carbonyl (C=O) groups excluding carboxylic acids is 3. The highest BCUT2D eigenvalue weighted by molar-refractivity contribution is 6.67. The van der Waals surface area contributed by atoms with Crippen molar-refractivity contribution in [3.63, 3.8) is 0 Å². The summed E-state index contributed by atoms with van der Waals surface area (Å²) < 4.78 is 32.0. The van der Waals surface area contributed by atoms with Crippen molar-refractivity contribution in [1.82, 2.24) is 14.7 Å². The van der Waals surface area contributed by atoms with Gasteiger partial charge < -0.3 is 43.1 Å². The molecule has 3 aromatic rings. The average molecular weight is 909 g/mol. The van der Waals surface area contributed by atoms with E-state index >= 15 is 0 Å². The molecular formula is C45H48Cl3N5O9. The predicted octanol–water partition coefficient (Wildman–Crippen LogP) is 9.37. The molecule has 0 bridgehead atoms. The molecule has 0 aliphatic carbocycles. The van der Waals surface area contributed by atoms with Crippen LogP contribution >= 0.6 is 34.8 Å². The molecule has 0 spiro atoms. The maximum Gasteiger partial charge on any atom is 0.409 e. The molecule has 17 heteroatoms. The highest BCUT2D eigenvalue weighted by Crippen LogP contribution is 2.41. The summed E-state index contributed by atoms with van der Waals surface area (Å²) >= 11 is 17.0. The number of hydrogen-bond acceptors (Lipinski definition) is 11. The summed E-state index contributed by atoms with van der Waals surface area (Å²) in [6, 6.07) is 14.0. The molecule has 0 aromatic heterocycles. The molecule has 2 atom stereocenters.